The molecular weight excluding hydrogens is 544 g/mol. The molecule has 0 radical (unpaired) electrons. The molecule has 206 valence electrons. The van der Waals surface area contributed by atoms with E-state index in [1.165, 1.54) is 29.1 Å². The summed E-state index contributed by atoms with van der Waals surface area (Å²) < 4.78 is 32.3. The van der Waals surface area contributed by atoms with Crippen LogP contribution in [0, 0.1) is 0 Å². The van der Waals surface area contributed by atoms with E-state index in [1.54, 1.807) is 24.0 Å². The third-order valence-corrected chi connectivity index (χ3v) is 9.12. The van der Waals surface area contributed by atoms with Gasteiger partial charge in [-0.1, -0.05) is 18.5 Å². The third-order valence-electron chi connectivity index (χ3n) is 6.66. The van der Waals surface area contributed by atoms with Crippen molar-refractivity contribution < 1.29 is 22.7 Å². The number of hydrogen-bond acceptors (Lipinski definition) is 8. The van der Waals surface area contributed by atoms with Gasteiger partial charge in [-0.25, -0.2) is 18.4 Å². The molecule has 11 nitrogen and oxygen atoms in total. The summed E-state index contributed by atoms with van der Waals surface area (Å²) in [5.41, 5.74) is 0.594. The van der Waals surface area contributed by atoms with Crippen LogP contribution in [0.4, 0.5) is 0 Å². The van der Waals surface area contributed by atoms with Crippen molar-refractivity contribution in [3.05, 3.63) is 64.3 Å². The van der Waals surface area contributed by atoms with Crippen molar-refractivity contribution in [1.29, 1.82) is 0 Å². The summed E-state index contributed by atoms with van der Waals surface area (Å²) in [5.74, 6) is 0.826. The molecule has 13 heteroatoms. The number of carbonyl (C=O) groups excluding carboxylic acids is 2. The van der Waals surface area contributed by atoms with Gasteiger partial charge in [-0.3, -0.25) is 9.59 Å². The molecule has 1 aromatic carbocycles. The second-order valence-corrected chi connectivity index (χ2v) is 12.2. The average molecular weight is 573 g/mol. The molecular formula is C26H29ClN6O5S. The Balaban J connectivity index is 1.36. The smallest absolute Gasteiger partial charge is 0.255 e. The van der Waals surface area contributed by atoms with Crippen LogP contribution in [-0.2, 0) is 21.0 Å². The van der Waals surface area contributed by atoms with E-state index in [2.05, 4.69) is 20.4 Å². The van der Waals surface area contributed by atoms with Crippen LogP contribution in [0.15, 0.2) is 41.4 Å². The fraction of sp³-hybridized carbons (Fsp3) is 0.423. The quantitative estimate of drug-likeness (QED) is 0.435. The number of nitrogens with one attached hydrogen (secondary N) is 1. The molecule has 1 saturated heterocycles. The van der Waals surface area contributed by atoms with Gasteiger partial charge in [0.25, 0.3) is 11.8 Å². The Morgan fingerprint density at radius 2 is 1.90 bits per heavy atom. The van der Waals surface area contributed by atoms with Crippen LogP contribution >= 0.6 is 11.6 Å². The number of benzene rings is 1. The molecule has 2 aliphatic rings. The zero-order chi connectivity index (χ0) is 27.7. The highest BCUT2D eigenvalue weighted by molar-refractivity contribution is 7.92. The highest BCUT2D eigenvalue weighted by atomic mass is 35.5. The standard InChI is InChI=1S/C26H29ClN6O5S/c1-3-22-30-24(33(31-22)23-7-4-17(15-28-23)26(35)32-8-10-38-11-9-32)16(2)29-25(34)18-12-19(27)14-21(13-18)39(36,37)20-5-6-20/h4,7,12-16,20H,3,5-6,8-11H2,1-2H3,(H,29,34)/t16-/m0/s1. The molecule has 2 fully saturated rings. The van der Waals surface area contributed by atoms with Crippen LogP contribution in [0.25, 0.3) is 5.82 Å². The minimum Gasteiger partial charge on any atom is -0.378 e. The van der Waals surface area contributed by atoms with Crippen molar-refractivity contribution in [2.24, 2.45) is 0 Å². The Morgan fingerprint density at radius 1 is 1.15 bits per heavy atom. The number of morpholine rings is 1. The van der Waals surface area contributed by atoms with Crippen LogP contribution in [0.1, 0.15) is 65.1 Å². The maximum atomic E-state index is 13.2. The van der Waals surface area contributed by atoms with Gasteiger partial charge >= 0.3 is 0 Å². The summed E-state index contributed by atoms with van der Waals surface area (Å²) in [6.07, 6.45) is 3.28. The molecule has 1 aliphatic carbocycles. The average Bonchev–Trinajstić information content (AvgIpc) is 3.72. The van der Waals surface area contributed by atoms with Crippen LogP contribution < -0.4 is 5.32 Å². The van der Waals surface area contributed by atoms with Gasteiger partial charge in [-0.2, -0.15) is 4.68 Å². The number of amides is 2. The van der Waals surface area contributed by atoms with E-state index < -0.39 is 27.0 Å². The van der Waals surface area contributed by atoms with E-state index in [0.717, 1.165) is 0 Å². The Hall–Kier alpha value is -3.35. The van der Waals surface area contributed by atoms with Gasteiger partial charge in [0.1, 0.15) is 0 Å². The van der Waals surface area contributed by atoms with E-state index in [4.69, 9.17) is 16.3 Å². The van der Waals surface area contributed by atoms with Crippen LogP contribution in [-0.4, -0.2) is 76.4 Å². The van der Waals surface area contributed by atoms with E-state index in [9.17, 15) is 18.0 Å². The fourth-order valence-corrected chi connectivity index (χ4v) is 6.35. The molecule has 3 heterocycles. The molecule has 1 aliphatic heterocycles. The number of pyridine rings is 1. The highest BCUT2D eigenvalue weighted by Crippen LogP contribution is 2.34. The first-order chi connectivity index (χ1) is 18.7. The predicted molar refractivity (Wildman–Crippen MR) is 143 cm³/mol. The summed E-state index contributed by atoms with van der Waals surface area (Å²) in [6, 6.07) is 6.93. The van der Waals surface area contributed by atoms with Gasteiger partial charge in [0.05, 0.1) is 35.0 Å². The van der Waals surface area contributed by atoms with Crippen molar-refractivity contribution >= 4 is 33.3 Å². The number of carbonyl (C=O) groups is 2. The van der Waals surface area contributed by atoms with Crippen molar-refractivity contribution in [3.8, 4) is 5.82 Å². The molecule has 0 spiro atoms. The Kier molecular flexibility index (Phi) is 7.70. The van der Waals surface area contributed by atoms with E-state index in [0.29, 0.717) is 68.6 Å². The highest BCUT2D eigenvalue weighted by Gasteiger charge is 2.37. The summed E-state index contributed by atoms with van der Waals surface area (Å²) in [6.45, 7) is 5.75. The van der Waals surface area contributed by atoms with Crippen LogP contribution in [0.5, 0.6) is 0 Å². The lowest BCUT2D eigenvalue weighted by atomic mass is 10.2. The van der Waals surface area contributed by atoms with E-state index >= 15 is 0 Å². The van der Waals surface area contributed by atoms with Crippen molar-refractivity contribution in [2.75, 3.05) is 26.3 Å². The number of hydrogen-bond donors (Lipinski definition) is 1. The summed E-state index contributed by atoms with van der Waals surface area (Å²) in [4.78, 5) is 36.7. The lowest BCUT2D eigenvalue weighted by Gasteiger charge is -2.26. The molecule has 2 amide bonds. The second-order valence-electron chi connectivity index (χ2n) is 9.58. The first-order valence-electron chi connectivity index (χ1n) is 12.8. The molecule has 0 bridgehead atoms. The maximum absolute atomic E-state index is 13.2. The summed E-state index contributed by atoms with van der Waals surface area (Å²) in [5, 5.41) is 7.15. The predicted octanol–water partition coefficient (Wildman–Crippen LogP) is 2.78. The minimum atomic E-state index is -3.52. The molecule has 5 rings (SSSR count). The molecule has 2 aromatic heterocycles. The largest absolute Gasteiger partial charge is 0.378 e. The number of aryl methyl sites for hydroxylation is 1. The lowest BCUT2D eigenvalue weighted by Crippen LogP contribution is -2.40. The van der Waals surface area contributed by atoms with Gasteiger partial charge in [0, 0.05) is 36.3 Å². The van der Waals surface area contributed by atoms with Gasteiger partial charge in [-0.15, -0.1) is 5.10 Å². The van der Waals surface area contributed by atoms with Gasteiger partial charge in [0.15, 0.2) is 27.3 Å². The first kappa shape index (κ1) is 27.2. The lowest BCUT2D eigenvalue weighted by molar-refractivity contribution is 0.0302. The van der Waals surface area contributed by atoms with Crippen molar-refractivity contribution in [2.45, 2.75) is 49.3 Å². The molecule has 1 N–H and O–H groups in total. The van der Waals surface area contributed by atoms with Crippen LogP contribution in [0.3, 0.4) is 0 Å². The number of ether oxygens (including phenoxy) is 1. The zero-order valence-electron chi connectivity index (χ0n) is 21.6. The zero-order valence-corrected chi connectivity index (χ0v) is 23.2. The first-order valence-corrected chi connectivity index (χ1v) is 14.7. The molecule has 3 aromatic rings. The van der Waals surface area contributed by atoms with E-state index in [1.807, 2.05) is 6.92 Å². The number of aromatic nitrogens is 4. The topological polar surface area (TPSA) is 136 Å². The maximum Gasteiger partial charge on any atom is 0.255 e. The number of rotatable bonds is 8. The molecule has 0 unspecified atom stereocenters. The summed E-state index contributed by atoms with van der Waals surface area (Å²) >= 11 is 6.18. The third kappa shape index (κ3) is 5.82. The Labute approximate surface area is 231 Å². The normalized spacial score (nSPS) is 16.6. The SMILES string of the molecule is CCc1nc([C@H](C)NC(=O)c2cc(Cl)cc(S(=O)(=O)C3CC3)c2)n(-c2ccc(C(=O)N3CCOCC3)cn2)n1. The number of nitrogens with zero attached hydrogens (tertiary/aromatic N) is 5. The monoisotopic (exact) mass is 572 g/mol. The Bertz CT molecular complexity index is 1500. The molecule has 39 heavy (non-hydrogen) atoms. The van der Waals surface area contributed by atoms with E-state index in [-0.39, 0.29) is 21.4 Å². The number of sulfone groups is 1. The fourth-order valence-electron chi connectivity index (χ4n) is 4.33. The Morgan fingerprint density at radius 3 is 2.54 bits per heavy atom. The van der Waals surface area contributed by atoms with Crippen LogP contribution in [0.2, 0.25) is 5.02 Å². The van der Waals surface area contributed by atoms with Crippen molar-refractivity contribution in [1.82, 2.24) is 30.0 Å². The van der Waals surface area contributed by atoms with Gasteiger partial charge < -0.3 is 15.0 Å². The number of halogens is 1. The molecule has 1 atom stereocenters. The van der Waals surface area contributed by atoms with Gasteiger partial charge in [0.2, 0.25) is 0 Å². The second kappa shape index (κ2) is 11.0. The molecule has 1 saturated carbocycles. The van der Waals surface area contributed by atoms with Gasteiger partial charge in [-0.05, 0) is 50.1 Å². The van der Waals surface area contributed by atoms with Crippen molar-refractivity contribution in [3.63, 3.8) is 0 Å². The summed E-state index contributed by atoms with van der Waals surface area (Å²) in [7, 11) is -3.52. The minimum absolute atomic E-state index is 0.0441.